The van der Waals surface area contributed by atoms with E-state index in [0.29, 0.717) is 11.5 Å². The predicted molar refractivity (Wildman–Crippen MR) is 81.5 cm³/mol. The van der Waals surface area contributed by atoms with Crippen LogP contribution in [0.5, 0.6) is 0 Å². The van der Waals surface area contributed by atoms with Gasteiger partial charge in [-0.05, 0) is 48.0 Å². The molecule has 0 heterocycles. The Labute approximate surface area is 112 Å². The molecule has 0 aliphatic rings. The molecule has 2 aromatic rings. The van der Waals surface area contributed by atoms with Crippen molar-refractivity contribution in [2.45, 2.75) is 0 Å². The summed E-state index contributed by atoms with van der Waals surface area (Å²) in [5.74, 6) is 0.451. The number of aliphatic imine (C=N–C) groups is 1. The lowest BCUT2D eigenvalue weighted by Crippen LogP contribution is -2.12. The van der Waals surface area contributed by atoms with Crippen molar-refractivity contribution in [2.75, 3.05) is 11.5 Å². The number of nitrogens with two attached hydrogens (primary N) is 3. The first-order valence-corrected chi connectivity index (χ1v) is 5.86. The Morgan fingerprint density at radius 2 is 1.37 bits per heavy atom. The van der Waals surface area contributed by atoms with Crippen LogP contribution in [0.3, 0.4) is 0 Å². The topological polar surface area (TPSA) is 90.4 Å². The van der Waals surface area contributed by atoms with Crippen LogP contribution in [0, 0.1) is 0 Å². The van der Waals surface area contributed by atoms with Gasteiger partial charge in [-0.3, -0.25) is 0 Å². The van der Waals surface area contributed by atoms with Crippen molar-refractivity contribution in [3.8, 4) is 0 Å². The largest absolute Gasteiger partial charge is 0.399 e. The second kappa shape index (κ2) is 5.73. The van der Waals surface area contributed by atoms with Gasteiger partial charge in [0.1, 0.15) is 5.84 Å². The monoisotopic (exact) mass is 252 g/mol. The highest BCUT2D eigenvalue weighted by Crippen LogP contribution is 2.08. The minimum Gasteiger partial charge on any atom is -0.399 e. The zero-order chi connectivity index (χ0) is 13.7. The van der Waals surface area contributed by atoms with Crippen molar-refractivity contribution in [3.05, 3.63) is 65.9 Å². The third kappa shape index (κ3) is 3.61. The van der Waals surface area contributed by atoms with Gasteiger partial charge in [0, 0.05) is 23.1 Å². The van der Waals surface area contributed by atoms with Gasteiger partial charge in [0.25, 0.3) is 0 Å². The maximum atomic E-state index is 5.87. The molecule has 0 unspecified atom stereocenters. The molecule has 0 amide bonds. The molecule has 2 rings (SSSR count). The van der Waals surface area contributed by atoms with Crippen LogP contribution in [0.15, 0.2) is 59.7 Å². The highest BCUT2D eigenvalue weighted by molar-refractivity contribution is 5.98. The van der Waals surface area contributed by atoms with Gasteiger partial charge in [0.2, 0.25) is 0 Å². The fourth-order valence-corrected chi connectivity index (χ4v) is 1.54. The molecular formula is C15H16N4. The van der Waals surface area contributed by atoms with Crippen LogP contribution in [0.4, 0.5) is 11.4 Å². The molecule has 0 fully saturated rings. The van der Waals surface area contributed by atoms with Crippen LogP contribution in [0.25, 0.3) is 6.08 Å². The van der Waals surface area contributed by atoms with Crippen molar-refractivity contribution in [3.63, 3.8) is 0 Å². The average molecular weight is 252 g/mol. The maximum absolute atomic E-state index is 5.87. The van der Waals surface area contributed by atoms with Gasteiger partial charge < -0.3 is 17.2 Å². The molecule has 0 aromatic heterocycles. The van der Waals surface area contributed by atoms with Crippen molar-refractivity contribution in [1.82, 2.24) is 0 Å². The molecule has 0 aliphatic carbocycles. The summed E-state index contributed by atoms with van der Waals surface area (Å²) in [5, 5.41) is 0. The molecular weight excluding hydrogens is 236 g/mol. The third-order valence-corrected chi connectivity index (χ3v) is 2.62. The van der Waals surface area contributed by atoms with E-state index < -0.39 is 0 Å². The summed E-state index contributed by atoms with van der Waals surface area (Å²) < 4.78 is 0. The Morgan fingerprint density at radius 3 is 1.95 bits per heavy atom. The Bertz CT molecular complexity index is 595. The number of nitrogens with zero attached hydrogens (tertiary/aromatic N) is 1. The minimum absolute atomic E-state index is 0.451. The molecule has 19 heavy (non-hydrogen) atoms. The second-order valence-electron chi connectivity index (χ2n) is 4.12. The van der Waals surface area contributed by atoms with Crippen molar-refractivity contribution >= 4 is 23.3 Å². The Morgan fingerprint density at radius 1 is 0.842 bits per heavy atom. The van der Waals surface area contributed by atoms with E-state index in [1.807, 2.05) is 42.5 Å². The third-order valence-electron chi connectivity index (χ3n) is 2.62. The normalized spacial score (nSPS) is 11.9. The Hall–Kier alpha value is -2.75. The zero-order valence-electron chi connectivity index (χ0n) is 10.5. The summed E-state index contributed by atoms with van der Waals surface area (Å²) in [6.07, 6.45) is 3.53. The van der Waals surface area contributed by atoms with E-state index in [2.05, 4.69) is 4.99 Å². The second-order valence-corrected chi connectivity index (χ2v) is 4.12. The number of amidine groups is 1. The van der Waals surface area contributed by atoms with Crippen LogP contribution in [-0.4, -0.2) is 5.84 Å². The van der Waals surface area contributed by atoms with Gasteiger partial charge >= 0.3 is 0 Å². The molecule has 0 aliphatic heterocycles. The van der Waals surface area contributed by atoms with Crippen molar-refractivity contribution in [1.29, 1.82) is 0 Å². The number of hydrogen-bond donors (Lipinski definition) is 3. The molecule has 0 spiro atoms. The van der Waals surface area contributed by atoms with E-state index in [0.717, 1.165) is 16.8 Å². The van der Waals surface area contributed by atoms with Gasteiger partial charge in [-0.1, -0.05) is 12.1 Å². The molecule has 0 saturated heterocycles. The van der Waals surface area contributed by atoms with E-state index in [-0.39, 0.29) is 0 Å². The number of benzene rings is 2. The number of hydrogen-bond acceptors (Lipinski definition) is 3. The highest BCUT2D eigenvalue weighted by atomic mass is 14.8. The first-order chi connectivity index (χ1) is 9.15. The lowest BCUT2D eigenvalue weighted by Gasteiger charge is -1.99. The van der Waals surface area contributed by atoms with Gasteiger partial charge in [-0.2, -0.15) is 0 Å². The Balaban J connectivity index is 2.09. The fourth-order valence-electron chi connectivity index (χ4n) is 1.54. The Kier molecular flexibility index (Phi) is 3.83. The molecule has 6 N–H and O–H groups in total. The summed E-state index contributed by atoms with van der Waals surface area (Å²) in [7, 11) is 0. The number of nitrogen functional groups attached to an aromatic ring is 2. The highest BCUT2D eigenvalue weighted by Gasteiger charge is 1.95. The summed E-state index contributed by atoms with van der Waals surface area (Å²) in [6.45, 7) is 0. The first kappa shape index (κ1) is 12.7. The van der Waals surface area contributed by atoms with Crippen molar-refractivity contribution < 1.29 is 0 Å². The van der Waals surface area contributed by atoms with E-state index >= 15 is 0 Å². The van der Waals surface area contributed by atoms with Crippen molar-refractivity contribution in [2.24, 2.45) is 10.7 Å². The molecule has 4 heteroatoms. The maximum Gasteiger partial charge on any atom is 0.130 e. The molecule has 4 nitrogen and oxygen atoms in total. The molecule has 0 radical (unpaired) electrons. The van der Waals surface area contributed by atoms with Gasteiger partial charge in [-0.15, -0.1) is 0 Å². The lowest BCUT2D eigenvalue weighted by atomic mass is 10.2. The van der Waals surface area contributed by atoms with Gasteiger partial charge in [0.05, 0.1) is 0 Å². The van der Waals surface area contributed by atoms with E-state index in [9.17, 15) is 0 Å². The van der Waals surface area contributed by atoms with Gasteiger partial charge in [0.15, 0.2) is 0 Å². The zero-order valence-corrected chi connectivity index (χ0v) is 10.5. The standard InChI is InChI=1S/C15H16N4/c16-13-5-1-11(2-6-13)9-10-19-15(18)12-3-7-14(17)8-4-12/h1-10H,16-17H2,(H2,18,19)/b10-9+. The van der Waals surface area contributed by atoms with E-state index in [1.165, 1.54) is 0 Å². The summed E-state index contributed by atoms with van der Waals surface area (Å²) in [6, 6.07) is 14.8. The van der Waals surface area contributed by atoms with Crippen LogP contribution >= 0.6 is 0 Å². The fraction of sp³-hybridized carbons (Fsp3) is 0. The quantitative estimate of drug-likeness (QED) is 0.444. The SMILES string of the molecule is NC(=N/C=C/c1ccc(N)cc1)c1ccc(N)cc1. The predicted octanol–water partition coefficient (Wildman–Crippen LogP) is 2.23. The van der Waals surface area contributed by atoms with Gasteiger partial charge in [-0.25, -0.2) is 4.99 Å². The first-order valence-electron chi connectivity index (χ1n) is 5.86. The smallest absolute Gasteiger partial charge is 0.130 e. The molecule has 0 saturated carbocycles. The molecule has 0 atom stereocenters. The molecule has 96 valence electrons. The molecule has 2 aromatic carbocycles. The van der Waals surface area contributed by atoms with Crippen LogP contribution in [-0.2, 0) is 0 Å². The van der Waals surface area contributed by atoms with Crippen LogP contribution in [0.1, 0.15) is 11.1 Å². The average Bonchev–Trinajstić information content (AvgIpc) is 2.41. The summed E-state index contributed by atoms with van der Waals surface area (Å²) in [4.78, 5) is 4.18. The van der Waals surface area contributed by atoms with E-state index in [4.69, 9.17) is 17.2 Å². The van der Waals surface area contributed by atoms with E-state index in [1.54, 1.807) is 18.3 Å². The van der Waals surface area contributed by atoms with Crippen LogP contribution in [0.2, 0.25) is 0 Å². The number of anilines is 2. The van der Waals surface area contributed by atoms with Crippen LogP contribution < -0.4 is 17.2 Å². The molecule has 0 bridgehead atoms. The summed E-state index contributed by atoms with van der Waals surface area (Å²) in [5.41, 5.74) is 20.4. The number of rotatable bonds is 3. The lowest BCUT2D eigenvalue weighted by molar-refractivity contribution is 1.47. The summed E-state index contributed by atoms with van der Waals surface area (Å²) >= 11 is 0. The minimum atomic E-state index is 0.451.